The first-order valence-corrected chi connectivity index (χ1v) is 9.49. The molecule has 1 fully saturated rings. The molecular weight excluding hydrogens is 312 g/mol. The molecule has 1 aromatic heterocycles. The molecule has 3 nitrogen and oxygen atoms in total. The number of rotatable bonds is 4. The van der Waals surface area contributed by atoms with Crippen molar-refractivity contribution in [2.45, 2.75) is 23.2 Å². The third-order valence-electron chi connectivity index (χ3n) is 3.70. The van der Waals surface area contributed by atoms with E-state index >= 15 is 0 Å². The summed E-state index contributed by atoms with van der Waals surface area (Å²) in [5.41, 5.74) is 2.32. The van der Waals surface area contributed by atoms with E-state index in [4.69, 9.17) is 0 Å². The molecule has 5 heteroatoms. The highest BCUT2D eigenvalue weighted by Gasteiger charge is 2.29. The Morgan fingerprint density at radius 3 is 2.64 bits per heavy atom. The predicted molar refractivity (Wildman–Crippen MR) is 92.8 cm³/mol. The summed E-state index contributed by atoms with van der Waals surface area (Å²) in [5, 5.41) is 0.102. The second-order valence-electron chi connectivity index (χ2n) is 5.12. The maximum absolute atomic E-state index is 12.4. The number of aromatic nitrogens is 1. The Balaban J connectivity index is 1.84. The standard InChI is InChI=1S/C17H18N2OS2/c1-21-15-4-2-14(3-5-15)17-19(16(20)8-11-22-17)12-13-6-9-18-10-7-13/h2-7,9-10,17H,8,11-12H2,1H3. The van der Waals surface area contributed by atoms with Gasteiger partial charge in [0, 0.05) is 36.0 Å². The smallest absolute Gasteiger partial charge is 0.224 e. The molecule has 1 aliphatic heterocycles. The van der Waals surface area contributed by atoms with E-state index in [1.807, 2.05) is 28.8 Å². The maximum atomic E-state index is 12.4. The molecule has 0 radical (unpaired) electrons. The van der Waals surface area contributed by atoms with Crippen LogP contribution in [-0.4, -0.2) is 27.8 Å². The molecule has 0 saturated carbocycles. The minimum absolute atomic E-state index is 0.102. The highest BCUT2D eigenvalue weighted by atomic mass is 32.2. The van der Waals surface area contributed by atoms with Crippen LogP contribution in [0.1, 0.15) is 22.9 Å². The molecule has 1 unspecified atom stereocenters. The SMILES string of the molecule is CSc1ccc(C2SCCC(=O)N2Cc2ccncc2)cc1. The van der Waals surface area contributed by atoms with Crippen molar-refractivity contribution in [2.75, 3.05) is 12.0 Å². The van der Waals surface area contributed by atoms with Crippen molar-refractivity contribution >= 4 is 29.4 Å². The Hall–Kier alpha value is -1.46. The fraction of sp³-hybridized carbons (Fsp3) is 0.294. The van der Waals surface area contributed by atoms with Gasteiger partial charge in [-0.2, -0.15) is 0 Å². The summed E-state index contributed by atoms with van der Waals surface area (Å²) in [6.45, 7) is 0.642. The Labute approximate surface area is 139 Å². The largest absolute Gasteiger partial charge is 0.322 e. The van der Waals surface area contributed by atoms with E-state index in [0.717, 1.165) is 11.3 Å². The molecule has 0 aliphatic carbocycles. The van der Waals surface area contributed by atoms with Crippen LogP contribution in [0.25, 0.3) is 0 Å². The first-order valence-electron chi connectivity index (χ1n) is 7.22. The Bertz CT molecular complexity index is 631. The van der Waals surface area contributed by atoms with Gasteiger partial charge in [0.15, 0.2) is 0 Å². The lowest BCUT2D eigenvalue weighted by Crippen LogP contribution is -2.36. The second kappa shape index (κ2) is 7.20. The zero-order valence-electron chi connectivity index (χ0n) is 12.4. The fourth-order valence-electron chi connectivity index (χ4n) is 2.52. The van der Waals surface area contributed by atoms with Gasteiger partial charge in [0.05, 0.1) is 0 Å². The third kappa shape index (κ3) is 3.47. The molecule has 1 atom stereocenters. The van der Waals surface area contributed by atoms with Gasteiger partial charge in [0.2, 0.25) is 5.91 Å². The Kier molecular flexibility index (Phi) is 5.05. The van der Waals surface area contributed by atoms with Crippen LogP contribution in [0.4, 0.5) is 0 Å². The van der Waals surface area contributed by atoms with Gasteiger partial charge >= 0.3 is 0 Å². The van der Waals surface area contributed by atoms with E-state index in [1.54, 1.807) is 24.2 Å². The molecule has 2 aromatic rings. The summed E-state index contributed by atoms with van der Waals surface area (Å²) < 4.78 is 0. The maximum Gasteiger partial charge on any atom is 0.224 e. The zero-order chi connectivity index (χ0) is 15.4. The molecule has 1 aliphatic rings. The number of carbonyl (C=O) groups is 1. The molecule has 0 spiro atoms. The first kappa shape index (κ1) is 15.4. The van der Waals surface area contributed by atoms with E-state index in [2.05, 4.69) is 35.5 Å². The molecular formula is C17H18N2OS2. The van der Waals surface area contributed by atoms with Crippen LogP contribution in [0, 0.1) is 0 Å². The molecule has 1 aromatic carbocycles. The van der Waals surface area contributed by atoms with Crippen molar-refractivity contribution in [3.05, 3.63) is 59.9 Å². The lowest BCUT2D eigenvalue weighted by Gasteiger charge is -2.35. The van der Waals surface area contributed by atoms with E-state index < -0.39 is 0 Å². The monoisotopic (exact) mass is 330 g/mol. The lowest BCUT2D eigenvalue weighted by molar-refractivity contribution is -0.132. The highest BCUT2D eigenvalue weighted by Crippen LogP contribution is 2.38. The number of hydrogen-bond donors (Lipinski definition) is 0. The second-order valence-corrected chi connectivity index (χ2v) is 7.19. The number of hydrogen-bond acceptors (Lipinski definition) is 4. The zero-order valence-corrected chi connectivity index (χ0v) is 14.1. The van der Waals surface area contributed by atoms with Gasteiger partial charge in [-0.1, -0.05) is 12.1 Å². The Morgan fingerprint density at radius 1 is 1.23 bits per heavy atom. The van der Waals surface area contributed by atoms with Crippen molar-refractivity contribution in [2.24, 2.45) is 0 Å². The number of nitrogens with zero attached hydrogens (tertiary/aromatic N) is 2. The molecule has 114 valence electrons. The predicted octanol–water partition coefficient (Wildman–Crippen LogP) is 3.97. The van der Waals surface area contributed by atoms with Gasteiger partial charge in [0.1, 0.15) is 5.37 Å². The number of carbonyl (C=O) groups excluding carboxylic acids is 1. The van der Waals surface area contributed by atoms with Crippen molar-refractivity contribution in [3.63, 3.8) is 0 Å². The van der Waals surface area contributed by atoms with Crippen LogP contribution < -0.4 is 0 Å². The van der Waals surface area contributed by atoms with Gasteiger partial charge in [0.25, 0.3) is 0 Å². The summed E-state index contributed by atoms with van der Waals surface area (Å²) >= 11 is 3.58. The molecule has 1 saturated heterocycles. The molecule has 22 heavy (non-hydrogen) atoms. The fourth-order valence-corrected chi connectivity index (χ4v) is 4.17. The van der Waals surface area contributed by atoms with Crippen LogP contribution in [0.15, 0.2) is 53.7 Å². The van der Waals surface area contributed by atoms with Gasteiger partial charge in [-0.25, -0.2) is 0 Å². The van der Waals surface area contributed by atoms with Crippen LogP contribution in [0.3, 0.4) is 0 Å². The summed E-state index contributed by atoms with van der Waals surface area (Å²) in [4.78, 5) is 19.7. The number of thioether (sulfide) groups is 2. The molecule has 1 amide bonds. The summed E-state index contributed by atoms with van der Waals surface area (Å²) in [6.07, 6.45) is 6.25. The average Bonchev–Trinajstić information content (AvgIpc) is 2.58. The molecule has 2 heterocycles. The van der Waals surface area contributed by atoms with Crippen LogP contribution >= 0.6 is 23.5 Å². The number of pyridine rings is 1. The first-order chi connectivity index (χ1) is 10.8. The summed E-state index contributed by atoms with van der Waals surface area (Å²) in [5.74, 6) is 1.12. The minimum Gasteiger partial charge on any atom is -0.322 e. The van der Waals surface area contributed by atoms with Crippen LogP contribution in [0.5, 0.6) is 0 Å². The van der Waals surface area contributed by atoms with Crippen molar-refractivity contribution in [3.8, 4) is 0 Å². The van der Waals surface area contributed by atoms with Crippen LogP contribution in [-0.2, 0) is 11.3 Å². The summed E-state index contributed by atoms with van der Waals surface area (Å²) in [7, 11) is 0. The molecule has 0 bridgehead atoms. The lowest BCUT2D eigenvalue weighted by atomic mass is 10.1. The van der Waals surface area contributed by atoms with E-state index in [1.165, 1.54) is 10.5 Å². The number of benzene rings is 1. The third-order valence-corrected chi connectivity index (χ3v) is 5.72. The van der Waals surface area contributed by atoms with Crippen molar-refractivity contribution in [1.29, 1.82) is 0 Å². The average molecular weight is 330 g/mol. The highest BCUT2D eigenvalue weighted by molar-refractivity contribution is 7.99. The van der Waals surface area contributed by atoms with Gasteiger partial charge < -0.3 is 4.90 Å². The topological polar surface area (TPSA) is 33.2 Å². The van der Waals surface area contributed by atoms with Gasteiger partial charge in [-0.3, -0.25) is 9.78 Å². The normalized spacial score (nSPS) is 18.5. The molecule has 0 N–H and O–H groups in total. The van der Waals surface area contributed by atoms with Crippen molar-refractivity contribution in [1.82, 2.24) is 9.88 Å². The van der Waals surface area contributed by atoms with Gasteiger partial charge in [-0.05, 0) is 41.6 Å². The van der Waals surface area contributed by atoms with Gasteiger partial charge in [-0.15, -0.1) is 23.5 Å². The minimum atomic E-state index is 0.102. The van der Waals surface area contributed by atoms with E-state index in [-0.39, 0.29) is 11.3 Å². The van der Waals surface area contributed by atoms with E-state index in [0.29, 0.717) is 13.0 Å². The number of amides is 1. The van der Waals surface area contributed by atoms with E-state index in [9.17, 15) is 4.79 Å². The quantitative estimate of drug-likeness (QED) is 0.794. The summed E-state index contributed by atoms with van der Waals surface area (Å²) in [6, 6.07) is 12.5. The van der Waals surface area contributed by atoms with Crippen LogP contribution in [0.2, 0.25) is 0 Å². The Morgan fingerprint density at radius 2 is 1.95 bits per heavy atom. The molecule has 3 rings (SSSR count). The van der Waals surface area contributed by atoms with Crippen molar-refractivity contribution < 1.29 is 4.79 Å².